The van der Waals surface area contributed by atoms with E-state index in [1.54, 1.807) is 6.92 Å². The van der Waals surface area contributed by atoms with E-state index in [2.05, 4.69) is 10.3 Å². The maximum Gasteiger partial charge on any atom is 0.235 e. The fourth-order valence-electron chi connectivity index (χ4n) is 4.51. The number of aliphatic imine (C=N–C) groups is 1. The Hall–Kier alpha value is -2.99. The molecule has 0 unspecified atom stereocenters. The molecular weight excluding hydrogens is 364 g/mol. The predicted octanol–water partition coefficient (Wildman–Crippen LogP) is 3.49. The molecule has 0 saturated heterocycles. The Morgan fingerprint density at radius 3 is 2.66 bits per heavy atom. The number of rotatable bonds is 2. The Balaban J connectivity index is 1.72. The maximum atomic E-state index is 12.8. The van der Waals surface area contributed by atoms with Crippen LogP contribution in [-0.4, -0.2) is 28.8 Å². The van der Waals surface area contributed by atoms with Crippen LogP contribution in [0.15, 0.2) is 41.4 Å². The molecule has 1 saturated carbocycles. The van der Waals surface area contributed by atoms with Crippen LogP contribution in [0.5, 0.6) is 0 Å². The molecule has 1 fully saturated rings. The Bertz CT molecular complexity index is 1030. The first-order chi connectivity index (χ1) is 13.8. The first-order valence-electron chi connectivity index (χ1n) is 9.95. The molecule has 0 radical (unpaired) electrons. The van der Waals surface area contributed by atoms with Crippen LogP contribution in [0, 0.1) is 12.3 Å². The second-order valence-corrected chi connectivity index (χ2v) is 8.16. The normalized spacial score (nSPS) is 23.8. The summed E-state index contributed by atoms with van der Waals surface area (Å²) in [5, 5.41) is 21.1. The number of amidine groups is 2. The average Bonchev–Trinajstić information content (AvgIpc) is 2.94. The fourth-order valence-corrected chi connectivity index (χ4v) is 4.51. The van der Waals surface area contributed by atoms with E-state index in [1.807, 2.05) is 43.3 Å². The van der Waals surface area contributed by atoms with E-state index in [0.717, 1.165) is 27.9 Å². The van der Waals surface area contributed by atoms with Crippen molar-refractivity contribution in [2.45, 2.75) is 51.0 Å². The monoisotopic (exact) mass is 390 g/mol. The molecule has 0 bridgehead atoms. The number of carbonyl (C=O) groups is 1. The van der Waals surface area contributed by atoms with Crippen LogP contribution in [0.2, 0.25) is 0 Å². The van der Waals surface area contributed by atoms with Gasteiger partial charge in [0.2, 0.25) is 5.91 Å². The zero-order valence-corrected chi connectivity index (χ0v) is 16.7. The van der Waals surface area contributed by atoms with Gasteiger partial charge in [0.25, 0.3) is 0 Å². The highest BCUT2D eigenvalue weighted by Gasteiger charge is 2.48. The van der Waals surface area contributed by atoms with Gasteiger partial charge in [-0.05, 0) is 73.9 Å². The summed E-state index contributed by atoms with van der Waals surface area (Å²) in [4.78, 5) is 16.9. The second kappa shape index (κ2) is 7.12. The molecule has 5 N–H and O–H groups in total. The molecule has 1 aliphatic carbocycles. The van der Waals surface area contributed by atoms with E-state index in [1.165, 1.54) is 0 Å². The molecule has 150 valence electrons. The van der Waals surface area contributed by atoms with Crippen molar-refractivity contribution in [3.05, 3.63) is 53.1 Å². The zero-order chi connectivity index (χ0) is 20.8. The Labute approximate surface area is 170 Å². The molecule has 1 heterocycles. The van der Waals surface area contributed by atoms with E-state index in [0.29, 0.717) is 37.1 Å². The minimum Gasteiger partial charge on any atom is -0.393 e. The standard InChI is InChI=1S/C23H26N4O2/c1-13-3-4-16(21(25)26-14(2)24)11-18(13)15-5-6-19-20(12-15)27-22(29)23(19)9-7-17(28)8-10-23/h3-6,11-12,17,28H,7-10H2,1-2H3,(H,27,29)(H3,24,25,26). The van der Waals surface area contributed by atoms with Gasteiger partial charge in [0.05, 0.1) is 17.4 Å². The molecule has 2 aromatic rings. The number of hydrogen-bond acceptors (Lipinski definition) is 3. The molecule has 1 aliphatic heterocycles. The molecule has 6 heteroatoms. The van der Waals surface area contributed by atoms with Gasteiger partial charge in [-0.3, -0.25) is 10.2 Å². The fraction of sp³-hybridized carbons (Fsp3) is 0.348. The Kier molecular flexibility index (Phi) is 4.74. The lowest BCUT2D eigenvalue weighted by Gasteiger charge is -2.33. The van der Waals surface area contributed by atoms with Crippen molar-refractivity contribution in [1.82, 2.24) is 0 Å². The van der Waals surface area contributed by atoms with Crippen molar-refractivity contribution < 1.29 is 9.90 Å². The lowest BCUT2D eigenvalue weighted by Crippen LogP contribution is -2.39. The largest absolute Gasteiger partial charge is 0.393 e. The Morgan fingerprint density at radius 2 is 1.97 bits per heavy atom. The van der Waals surface area contributed by atoms with Crippen molar-refractivity contribution in [1.29, 1.82) is 5.41 Å². The number of hydrogen-bond donors (Lipinski definition) is 4. The third kappa shape index (κ3) is 3.34. The molecule has 1 spiro atoms. The number of benzene rings is 2. The first-order valence-corrected chi connectivity index (χ1v) is 9.95. The molecule has 2 aromatic carbocycles. The molecule has 0 atom stereocenters. The van der Waals surface area contributed by atoms with Gasteiger partial charge in [0.15, 0.2) is 5.84 Å². The quantitative estimate of drug-likeness (QED) is 0.465. The SMILES string of the molecule is CC(N)=NC(=N)c1ccc(C)c(-c2ccc3c(c2)NC(=O)C32CCC(O)CC2)c1. The number of aliphatic hydroxyl groups excluding tert-OH is 1. The molecule has 2 aliphatic rings. The third-order valence-corrected chi connectivity index (χ3v) is 6.14. The minimum atomic E-state index is -0.514. The highest BCUT2D eigenvalue weighted by Crippen LogP contribution is 2.48. The Morgan fingerprint density at radius 1 is 1.24 bits per heavy atom. The van der Waals surface area contributed by atoms with E-state index in [9.17, 15) is 9.90 Å². The summed E-state index contributed by atoms with van der Waals surface area (Å²) in [7, 11) is 0. The van der Waals surface area contributed by atoms with Gasteiger partial charge in [-0.15, -0.1) is 0 Å². The number of carbonyl (C=O) groups excluding carboxylic acids is 1. The van der Waals surface area contributed by atoms with Crippen LogP contribution >= 0.6 is 0 Å². The van der Waals surface area contributed by atoms with Gasteiger partial charge in [0.1, 0.15) is 0 Å². The summed E-state index contributed by atoms with van der Waals surface area (Å²) < 4.78 is 0. The molecule has 0 aromatic heterocycles. The van der Waals surface area contributed by atoms with Crippen LogP contribution in [0.25, 0.3) is 11.1 Å². The molecule has 4 rings (SSSR count). The van der Waals surface area contributed by atoms with Gasteiger partial charge in [-0.1, -0.05) is 24.3 Å². The van der Waals surface area contributed by atoms with Crippen LogP contribution in [0.1, 0.15) is 49.3 Å². The van der Waals surface area contributed by atoms with Gasteiger partial charge >= 0.3 is 0 Å². The number of aryl methyl sites for hydroxylation is 1. The van der Waals surface area contributed by atoms with E-state index in [-0.39, 0.29) is 17.8 Å². The summed E-state index contributed by atoms with van der Waals surface area (Å²) in [6.45, 7) is 3.68. The first kappa shape index (κ1) is 19.3. The smallest absolute Gasteiger partial charge is 0.235 e. The van der Waals surface area contributed by atoms with Crippen LogP contribution in [0.3, 0.4) is 0 Å². The summed E-state index contributed by atoms with van der Waals surface area (Å²) in [6.07, 6.45) is 2.35. The van der Waals surface area contributed by atoms with E-state index in [4.69, 9.17) is 11.1 Å². The maximum absolute atomic E-state index is 12.8. The van der Waals surface area contributed by atoms with Gasteiger partial charge in [0, 0.05) is 11.3 Å². The average molecular weight is 390 g/mol. The molecule has 6 nitrogen and oxygen atoms in total. The van der Waals surface area contributed by atoms with E-state index >= 15 is 0 Å². The number of anilines is 1. The molecular formula is C23H26N4O2. The number of fused-ring (bicyclic) bond motifs is 2. The van der Waals surface area contributed by atoms with Crippen molar-refractivity contribution >= 4 is 23.3 Å². The number of nitrogens with one attached hydrogen (secondary N) is 2. The van der Waals surface area contributed by atoms with Crippen molar-refractivity contribution in [2.75, 3.05) is 5.32 Å². The lowest BCUT2D eigenvalue weighted by molar-refractivity contribution is -0.122. The topological polar surface area (TPSA) is 112 Å². The van der Waals surface area contributed by atoms with Crippen LogP contribution in [-0.2, 0) is 10.2 Å². The van der Waals surface area contributed by atoms with Crippen LogP contribution < -0.4 is 11.1 Å². The summed E-state index contributed by atoms with van der Waals surface area (Å²) in [6, 6.07) is 11.9. The molecule has 1 amide bonds. The van der Waals surface area contributed by atoms with Gasteiger partial charge < -0.3 is 16.2 Å². The molecule has 29 heavy (non-hydrogen) atoms. The summed E-state index contributed by atoms with van der Waals surface area (Å²) in [5.41, 5.74) is 10.7. The summed E-state index contributed by atoms with van der Waals surface area (Å²) >= 11 is 0. The number of nitrogens with zero attached hydrogens (tertiary/aromatic N) is 1. The lowest BCUT2D eigenvalue weighted by atomic mass is 9.69. The zero-order valence-electron chi connectivity index (χ0n) is 16.7. The highest BCUT2D eigenvalue weighted by atomic mass is 16.3. The van der Waals surface area contributed by atoms with E-state index < -0.39 is 5.41 Å². The van der Waals surface area contributed by atoms with Gasteiger partial charge in [-0.25, -0.2) is 4.99 Å². The third-order valence-electron chi connectivity index (χ3n) is 6.14. The minimum absolute atomic E-state index is 0.0385. The number of amides is 1. The van der Waals surface area contributed by atoms with Crippen molar-refractivity contribution in [3.63, 3.8) is 0 Å². The van der Waals surface area contributed by atoms with Gasteiger partial charge in [-0.2, -0.15) is 0 Å². The number of aliphatic hydroxyl groups is 1. The number of nitrogens with two attached hydrogens (primary N) is 1. The predicted molar refractivity (Wildman–Crippen MR) is 116 cm³/mol. The second-order valence-electron chi connectivity index (χ2n) is 8.16. The van der Waals surface area contributed by atoms with Crippen LogP contribution in [0.4, 0.5) is 5.69 Å². The summed E-state index contributed by atoms with van der Waals surface area (Å²) in [5.74, 6) is 0.511. The van der Waals surface area contributed by atoms with Crippen molar-refractivity contribution in [2.24, 2.45) is 10.7 Å². The van der Waals surface area contributed by atoms with Crippen molar-refractivity contribution in [3.8, 4) is 11.1 Å². The highest BCUT2D eigenvalue weighted by molar-refractivity contribution is 6.07.